The van der Waals surface area contributed by atoms with E-state index in [1.807, 2.05) is 30.0 Å². The molecule has 1 fully saturated rings. The predicted octanol–water partition coefficient (Wildman–Crippen LogP) is 2.68. The Morgan fingerprint density at radius 1 is 1.38 bits per heavy atom. The third kappa shape index (κ3) is 3.39. The van der Waals surface area contributed by atoms with E-state index in [2.05, 4.69) is 23.2 Å². The third-order valence-electron chi connectivity index (χ3n) is 2.77. The molecule has 16 heavy (non-hydrogen) atoms. The van der Waals surface area contributed by atoms with Crippen molar-refractivity contribution in [2.24, 2.45) is 0 Å². The van der Waals surface area contributed by atoms with Gasteiger partial charge in [0.15, 0.2) is 0 Å². The maximum absolute atomic E-state index is 5.98. The van der Waals surface area contributed by atoms with E-state index in [-0.39, 0.29) is 0 Å². The van der Waals surface area contributed by atoms with E-state index in [0.717, 1.165) is 31.2 Å². The number of thioether (sulfide) groups is 1. The number of halogens is 1. The number of hydrogen-bond donors (Lipinski definition) is 1. The summed E-state index contributed by atoms with van der Waals surface area (Å²) in [6.07, 6.45) is 0. The van der Waals surface area contributed by atoms with Crippen molar-refractivity contribution in [3.8, 4) is 0 Å². The molecule has 0 amide bonds. The number of rotatable bonds is 3. The summed E-state index contributed by atoms with van der Waals surface area (Å²) in [6.45, 7) is 6.72. The van der Waals surface area contributed by atoms with Gasteiger partial charge in [-0.05, 0) is 25.1 Å². The van der Waals surface area contributed by atoms with Crippen LogP contribution in [0, 0.1) is 0 Å². The summed E-state index contributed by atoms with van der Waals surface area (Å²) >= 11 is 7.86. The van der Waals surface area contributed by atoms with Crippen molar-refractivity contribution in [3.63, 3.8) is 0 Å². The van der Waals surface area contributed by atoms with Crippen LogP contribution in [0.3, 0.4) is 0 Å². The van der Waals surface area contributed by atoms with Gasteiger partial charge in [0, 0.05) is 36.1 Å². The Morgan fingerprint density at radius 2 is 2.12 bits per heavy atom. The van der Waals surface area contributed by atoms with Crippen molar-refractivity contribution < 1.29 is 0 Å². The summed E-state index contributed by atoms with van der Waals surface area (Å²) < 4.78 is 0. The summed E-state index contributed by atoms with van der Waals surface area (Å²) in [4.78, 5) is 3.75. The Kier molecular flexibility index (Phi) is 4.53. The third-order valence-corrected chi connectivity index (χ3v) is 4.17. The van der Waals surface area contributed by atoms with Crippen LogP contribution in [-0.2, 0) is 0 Å². The monoisotopic (exact) mass is 256 g/mol. The molecule has 0 radical (unpaired) electrons. The molecule has 1 saturated heterocycles. The Hall–Kier alpha value is -0.220. The number of piperazine rings is 1. The molecule has 0 aromatic heterocycles. The number of benzene rings is 1. The first kappa shape index (κ1) is 12.2. The molecule has 4 heteroatoms. The Morgan fingerprint density at radius 3 is 2.81 bits per heavy atom. The number of nitrogens with one attached hydrogen (secondary N) is 1. The van der Waals surface area contributed by atoms with Crippen LogP contribution in [0.4, 0.5) is 0 Å². The van der Waals surface area contributed by atoms with E-state index in [9.17, 15) is 0 Å². The molecule has 0 bridgehead atoms. The van der Waals surface area contributed by atoms with Crippen molar-refractivity contribution >= 4 is 23.4 Å². The summed E-state index contributed by atoms with van der Waals surface area (Å²) in [5, 5.41) is 4.70. The normalized spacial score (nSPS) is 19.6. The summed E-state index contributed by atoms with van der Waals surface area (Å²) in [5.74, 6) is 0. The molecule has 1 unspecified atom stereocenters. The van der Waals surface area contributed by atoms with Crippen LogP contribution in [0.15, 0.2) is 29.2 Å². The molecule has 88 valence electrons. The lowest BCUT2D eigenvalue weighted by Crippen LogP contribution is -2.46. The zero-order chi connectivity index (χ0) is 11.4. The van der Waals surface area contributed by atoms with Crippen LogP contribution in [0.1, 0.15) is 6.92 Å². The zero-order valence-electron chi connectivity index (χ0n) is 9.45. The predicted molar refractivity (Wildman–Crippen MR) is 71.2 cm³/mol. The SMILES string of the molecule is CC(Sc1cccc(Cl)c1)N1CCNCC1. The van der Waals surface area contributed by atoms with Gasteiger partial charge in [0.25, 0.3) is 0 Å². The molecule has 0 aliphatic carbocycles. The minimum absolute atomic E-state index is 0.514. The highest BCUT2D eigenvalue weighted by molar-refractivity contribution is 7.99. The molecule has 1 aliphatic rings. The van der Waals surface area contributed by atoms with Crippen molar-refractivity contribution in [2.75, 3.05) is 26.2 Å². The molecule has 1 aromatic carbocycles. The van der Waals surface area contributed by atoms with Crippen LogP contribution < -0.4 is 5.32 Å². The van der Waals surface area contributed by atoms with Gasteiger partial charge in [-0.2, -0.15) is 0 Å². The van der Waals surface area contributed by atoms with E-state index >= 15 is 0 Å². The van der Waals surface area contributed by atoms with Crippen molar-refractivity contribution in [3.05, 3.63) is 29.3 Å². The van der Waals surface area contributed by atoms with Gasteiger partial charge in [0.1, 0.15) is 0 Å². The lowest BCUT2D eigenvalue weighted by atomic mass is 10.4. The lowest BCUT2D eigenvalue weighted by Gasteiger charge is -2.32. The van der Waals surface area contributed by atoms with E-state index in [1.165, 1.54) is 4.90 Å². The lowest BCUT2D eigenvalue weighted by molar-refractivity contribution is 0.234. The standard InChI is InChI=1S/C12H17ClN2S/c1-10(15-7-5-14-6-8-15)16-12-4-2-3-11(13)9-12/h2-4,9-10,14H,5-8H2,1H3. The fourth-order valence-corrected chi connectivity index (χ4v) is 3.22. The van der Waals surface area contributed by atoms with E-state index in [4.69, 9.17) is 11.6 Å². The molecule has 1 atom stereocenters. The van der Waals surface area contributed by atoms with Gasteiger partial charge in [-0.15, -0.1) is 11.8 Å². The average molecular weight is 257 g/mol. The largest absolute Gasteiger partial charge is 0.314 e. The van der Waals surface area contributed by atoms with E-state index < -0.39 is 0 Å². The first-order chi connectivity index (χ1) is 7.75. The second kappa shape index (κ2) is 5.92. The smallest absolute Gasteiger partial charge is 0.0576 e. The Labute approximate surface area is 106 Å². The van der Waals surface area contributed by atoms with Gasteiger partial charge in [0.05, 0.1) is 5.37 Å². The second-order valence-electron chi connectivity index (χ2n) is 3.96. The number of hydrogen-bond acceptors (Lipinski definition) is 3. The van der Waals surface area contributed by atoms with Crippen LogP contribution in [-0.4, -0.2) is 36.5 Å². The van der Waals surface area contributed by atoms with Crippen molar-refractivity contribution in [1.82, 2.24) is 10.2 Å². The van der Waals surface area contributed by atoms with Gasteiger partial charge in [-0.3, -0.25) is 4.90 Å². The van der Waals surface area contributed by atoms with Crippen LogP contribution in [0.25, 0.3) is 0 Å². The van der Waals surface area contributed by atoms with Crippen molar-refractivity contribution in [2.45, 2.75) is 17.2 Å². The quantitative estimate of drug-likeness (QED) is 0.838. The highest BCUT2D eigenvalue weighted by Gasteiger charge is 2.16. The number of nitrogens with zero attached hydrogens (tertiary/aromatic N) is 1. The molecule has 1 aliphatic heterocycles. The second-order valence-corrected chi connectivity index (χ2v) is 5.79. The van der Waals surface area contributed by atoms with Crippen LogP contribution >= 0.6 is 23.4 Å². The van der Waals surface area contributed by atoms with Gasteiger partial charge in [0.2, 0.25) is 0 Å². The molecule has 2 rings (SSSR count). The average Bonchev–Trinajstić information content (AvgIpc) is 2.30. The molecule has 0 saturated carbocycles. The van der Waals surface area contributed by atoms with Gasteiger partial charge < -0.3 is 5.32 Å². The van der Waals surface area contributed by atoms with Gasteiger partial charge in [-0.1, -0.05) is 17.7 Å². The fourth-order valence-electron chi connectivity index (χ4n) is 1.86. The molecule has 2 nitrogen and oxygen atoms in total. The highest BCUT2D eigenvalue weighted by Crippen LogP contribution is 2.27. The summed E-state index contributed by atoms with van der Waals surface area (Å²) in [5.41, 5.74) is 0. The van der Waals surface area contributed by atoms with Gasteiger partial charge >= 0.3 is 0 Å². The van der Waals surface area contributed by atoms with Gasteiger partial charge in [-0.25, -0.2) is 0 Å². The minimum Gasteiger partial charge on any atom is -0.314 e. The zero-order valence-corrected chi connectivity index (χ0v) is 11.0. The molecular formula is C12H17ClN2S. The minimum atomic E-state index is 0.514. The molecule has 1 aromatic rings. The molecule has 1 N–H and O–H groups in total. The highest BCUT2D eigenvalue weighted by atomic mass is 35.5. The van der Waals surface area contributed by atoms with Crippen LogP contribution in [0.2, 0.25) is 5.02 Å². The first-order valence-corrected chi connectivity index (χ1v) is 6.88. The van der Waals surface area contributed by atoms with Crippen molar-refractivity contribution in [1.29, 1.82) is 0 Å². The molecular weight excluding hydrogens is 240 g/mol. The van der Waals surface area contributed by atoms with E-state index in [1.54, 1.807) is 0 Å². The van der Waals surface area contributed by atoms with E-state index in [0.29, 0.717) is 5.37 Å². The topological polar surface area (TPSA) is 15.3 Å². The first-order valence-electron chi connectivity index (χ1n) is 5.63. The maximum atomic E-state index is 5.98. The summed E-state index contributed by atoms with van der Waals surface area (Å²) in [7, 11) is 0. The fraction of sp³-hybridized carbons (Fsp3) is 0.500. The molecule has 1 heterocycles. The Bertz CT molecular complexity index is 340. The maximum Gasteiger partial charge on any atom is 0.0576 e. The van der Waals surface area contributed by atoms with Crippen LogP contribution in [0.5, 0.6) is 0 Å². The molecule has 0 spiro atoms. The Balaban J connectivity index is 1.93. The summed E-state index contributed by atoms with van der Waals surface area (Å²) in [6, 6.07) is 8.08.